The van der Waals surface area contributed by atoms with Gasteiger partial charge in [-0.05, 0) is 31.0 Å². The Bertz CT molecular complexity index is 419. The monoisotopic (exact) mass is 251 g/mol. The topological polar surface area (TPSA) is 79.9 Å². The average molecular weight is 251 g/mol. The minimum Gasteiger partial charge on any atom is -0.496 e. The number of nitrogens with one attached hydrogen (secondary N) is 1. The lowest BCUT2D eigenvalue weighted by Gasteiger charge is -2.13. The first kappa shape index (κ1) is 14.3. The highest BCUT2D eigenvalue weighted by Gasteiger charge is 2.09. The molecule has 0 saturated heterocycles. The van der Waals surface area contributed by atoms with Crippen LogP contribution in [0.25, 0.3) is 0 Å². The van der Waals surface area contributed by atoms with Crippen LogP contribution in [0.4, 0.5) is 0 Å². The molecule has 100 valence electrons. The molecule has 4 N–H and O–H groups in total. The highest BCUT2D eigenvalue weighted by Crippen LogP contribution is 2.20. The van der Waals surface area contributed by atoms with E-state index in [0.29, 0.717) is 17.4 Å². The molecule has 0 radical (unpaired) electrons. The molecular formula is C13H21N3O2. The molecule has 1 aromatic rings. The van der Waals surface area contributed by atoms with Crippen molar-refractivity contribution < 1.29 is 9.94 Å². The second-order valence-electron chi connectivity index (χ2n) is 4.21. The smallest absolute Gasteiger partial charge is 0.173 e. The molecule has 18 heavy (non-hydrogen) atoms. The van der Waals surface area contributed by atoms with E-state index in [1.165, 1.54) is 0 Å². The third kappa shape index (κ3) is 3.63. The lowest BCUT2D eigenvalue weighted by molar-refractivity contribution is 0.318. The van der Waals surface area contributed by atoms with E-state index in [2.05, 4.69) is 24.3 Å². The molecule has 5 heteroatoms. The van der Waals surface area contributed by atoms with Crippen molar-refractivity contribution in [2.24, 2.45) is 10.9 Å². The van der Waals surface area contributed by atoms with Crippen LogP contribution in [0.1, 0.15) is 31.4 Å². The minimum absolute atomic E-state index is 0.0493. The summed E-state index contributed by atoms with van der Waals surface area (Å²) in [4.78, 5) is 0. The van der Waals surface area contributed by atoms with Crippen LogP contribution in [-0.4, -0.2) is 24.2 Å². The van der Waals surface area contributed by atoms with Gasteiger partial charge in [-0.2, -0.15) is 0 Å². The molecule has 1 rings (SSSR count). The SMILES string of the molecule is CCC(C)NCc1ccc(/C(N)=N/O)c(OC)c1. The van der Waals surface area contributed by atoms with E-state index in [0.717, 1.165) is 18.5 Å². The summed E-state index contributed by atoms with van der Waals surface area (Å²) < 4.78 is 5.24. The van der Waals surface area contributed by atoms with Gasteiger partial charge in [-0.3, -0.25) is 0 Å². The molecule has 0 spiro atoms. The Morgan fingerprint density at radius 3 is 2.83 bits per heavy atom. The minimum atomic E-state index is 0.0493. The molecule has 1 atom stereocenters. The Labute approximate surface area is 108 Å². The zero-order valence-corrected chi connectivity index (χ0v) is 11.1. The normalized spacial score (nSPS) is 13.4. The summed E-state index contributed by atoms with van der Waals surface area (Å²) >= 11 is 0. The van der Waals surface area contributed by atoms with Gasteiger partial charge in [-0.1, -0.05) is 18.1 Å². The molecule has 0 fully saturated rings. The Morgan fingerprint density at radius 1 is 1.56 bits per heavy atom. The van der Waals surface area contributed by atoms with Crippen molar-refractivity contribution in [1.82, 2.24) is 5.32 Å². The lowest BCUT2D eigenvalue weighted by Crippen LogP contribution is -2.24. The molecule has 5 nitrogen and oxygen atoms in total. The van der Waals surface area contributed by atoms with Gasteiger partial charge in [0.1, 0.15) is 5.75 Å². The standard InChI is InChI=1S/C13H21N3O2/c1-4-9(2)15-8-10-5-6-11(13(14)16-17)12(7-10)18-3/h5-7,9,15,17H,4,8H2,1-3H3,(H2,14,16). The Kier molecular flexibility index (Phi) is 5.45. The van der Waals surface area contributed by atoms with E-state index < -0.39 is 0 Å². The summed E-state index contributed by atoms with van der Waals surface area (Å²) in [5, 5.41) is 15.1. The zero-order valence-electron chi connectivity index (χ0n) is 11.1. The van der Waals surface area contributed by atoms with Crippen molar-refractivity contribution in [2.75, 3.05) is 7.11 Å². The molecule has 0 aliphatic heterocycles. The Morgan fingerprint density at radius 2 is 2.28 bits per heavy atom. The highest BCUT2D eigenvalue weighted by molar-refractivity contribution is 5.99. The van der Waals surface area contributed by atoms with Crippen molar-refractivity contribution >= 4 is 5.84 Å². The van der Waals surface area contributed by atoms with Crippen molar-refractivity contribution in [2.45, 2.75) is 32.9 Å². The fourth-order valence-corrected chi connectivity index (χ4v) is 1.55. The molecule has 1 unspecified atom stereocenters. The second kappa shape index (κ2) is 6.86. The van der Waals surface area contributed by atoms with Crippen LogP contribution in [-0.2, 0) is 6.54 Å². The number of nitrogens with two attached hydrogens (primary N) is 1. The summed E-state index contributed by atoms with van der Waals surface area (Å²) in [6, 6.07) is 6.09. The molecule has 0 heterocycles. The number of oxime groups is 1. The van der Waals surface area contributed by atoms with Crippen molar-refractivity contribution in [1.29, 1.82) is 0 Å². The van der Waals surface area contributed by atoms with Gasteiger partial charge in [0.15, 0.2) is 5.84 Å². The molecule has 0 saturated carbocycles. The lowest BCUT2D eigenvalue weighted by atomic mass is 10.1. The van der Waals surface area contributed by atoms with Gasteiger partial charge < -0.3 is 21.0 Å². The quantitative estimate of drug-likeness (QED) is 0.311. The van der Waals surface area contributed by atoms with Crippen molar-refractivity contribution in [3.8, 4) is 5.75 Å². The van der Waals surface area contributed by atoms with Gasteiger partial charge in [-0.25, -0.2) is 0 Å². The molecule has 0 aliphatic carbocycles. The number of rotatable bonds is 6. The number of hydrogen-bond donors (Lipinski definition) is 3. The number of ether oxygens (including phenoxy) is 1. The van der Waals surface area contributed by atoms with Gasteiger partial charge in [0.05, 0.1) is 12.7 Å². The fraction of sp³-hybridized carbons (Fsp3) is 0.462. The number of hydrogen-bond acceptors (Lipinski definition) is 4. The maximum absolute atomic E-state index is 8.68. The summed E-state index contributed by atoms with van der Waals surface area (Å²) in [5.41, 5.74) is 7.26. The van der Waals surface area contributed by atoms with E-state index >= 15 is 0 Å². The number of methoxy groups -OCH3 is 1. The third-order valence-electron chi connectivity index (χ3n) is 2.92. The highest BCUT2D eigenvalue weighted by atomic mass is 16.5. The average Bonchev–Trinajstić information content (AvgIpc) is 2.43. The van der Waals surface area contributed by atoms with Crippen LogP contribution < -0.4 is 15.8 Å². The first-order valence-corrected chi connectivity index (χ1v) is 6.00. The van der Waals surface area contributed by atoms with Crippen molar-refractivity contribution in [3.05, 3.63) is 29.3 Å². The van der Waals surface area contributed by atoms with Gasteiger partial charge >= 0.3 is 0 Å². The van der Waals surface area contributed by atoms with Crippen LogP contribution in [0.15, 0.2) is 23.4 Å². The van der Waals surface area contributed by atoms with E-state index in [1.807, 2.05) is 12.1 Å². The van der Waals surface area contributed by atoms with Crippen LogP contribution in [0, 0.1) is 0 Å². The zero-order chi connectivity index (χ0) is 13.5. The van der Waals surface area contributed by atoms with Gasteiger partial charge in [0.25, 0.3) is 0 Å². The second-order valence-corrected chi connectivity index (χ2v) is 4.21. The summed E-state index contributed by atoms with van der Waals surface area (Å²) in [6.45, 7) is 5.05. The molecule has 1 aromatic carbocycles. The molecule has 0 aromatic heterocycles. The maximum Gasteiger partial charge on any atom is 0.173 e. The molecule has 0 bridgehead atoms. The van der Waals surface area contributed by atoms with E-state index in [-0.39, 0.29) is 5.84 Å². The van der Waals surface area contributed by atoms with E-state index in [1.54, 1.807) is 13.2 Å². The predicted molar refractivity (Wildman–Crippen MR) is 72.1 cm³/mol. The Balaban J connectivity index is 2.85. The summed E-state index contributed by atoms with van der Waals surface area (Å²) in [5.74, 6) is 0.655. The van der Waals surface area contributed by atoms with Crippen LogP contribution in [0.3, 0.4) is 0 Å². The largest absolute Gasteiger partial charge is 0.496 e. The van der Waals surface area contributed by atoms with Crippen molar-refractivity contribution in [3.63, 3.8) is 0 Å². The van der Waals surface area contributed by atoms with Gasteiger partial charge in [0.2, 0.25) is 0 Å². The fourth-order valence-electron chi connectivity index (χ4n) is 1.55. The summed E-state index contributed by atoms with van der Waals surface area (Å²) in [7, 11) is 1.56. The molecular weight excluding hydrogens is 230 g/mol. The number of nitrogens with zero attached hydrogens (tertiary/aromatic N) is 1. The van der Waals surface area contributed by atoms with Crippen LogP contribution >= 0.6 is 0 Å². The number of benzene rings is 1. The number of amidine groups is 1. The Hall–Kier alpha value is -1.75. The first-order valence-electron chi connectivity index (χ1n) is 6.00. The van der Waals surface area contributed by atoms with Crippen LogP contribution in [0.5, 0.6) is 5.75 Å². The first-order chi connectivity index (χ1) is 8.62. The third-order valence-corrected chi connectivity index (χ3v) is 2.92. The van der Waals surface area contributed by atoms with Gasteiger partial charge in [-0.15, -0.1) is 0 Å². The van der Waals surface area contributed by atoms with Crippen LogP contribution in [0.2, 0.25) is 0 Å². The summed E-state index contributed by atoms with van der Waals surface area (Å²) in [6.07, 6.45) is 1.08. The molecule has 0 aliphatic rings. The maximum atomic E-state index is 8.68. The van der Waals surface area contributed by atoms with E-state index in [9.17, 15) is 0 Å². The predicted octanol–water partition coefficient (Wildman–Crippen LogP) is 1.68. The molecule has 0 amide bonds. The van der Waals surface area contributed by atoms with E-state index in [4.69, 9.17) is 15.7 Å². The van der Waals surface area contributed by atoms with Gasteiger partial charge in [0, 0.05) is 12.6 Å².